The first-order valence-corrected chi connectivity index (χ1v) is 8.13. The molecule has 0 bridgehead atoms. The van der Waals surface area contributed by atoms with Gasteiger partial charge in [-0.2, -0.15) is 0 Å². The van der Waals surface area contributed by atoms with Gasteiger partial charge in [-0.15, -0.1) is 0 Å². The van der Waals surface area contributed by atoms with Crippen LogP contribution in [0.15, 0.2) is 55.9 Å². The average Bonchev–Trinajstić information content (AvgIpc) is 2.39. The van der Waals surface area contributed by atoms with Crippen molar-refractivity contribution in [1.82, 2.24) is 5.43 Å². The van der Waals surface area contributed by atoms with Crippen LogP contribution in [0.2, 0.25) is 0 Å². The molecule has 5 heteroatoms. The van der Waals surface area contributed by atoms with Gasteiger partial charge in [0, 0.05) is 13.4 Å². The van der Waals surface area contributed by atoms with Crippen molar-refractivity contribution in [3.8, 4) is 0 Å². The summed E-state index contributed by atoms with van der Waals surface area (Å²) in [6, 6.07) is 14.5. The van der Waals surface area contributed by atoms with Crippen LogP contribution in [0.25, 0.3) is 0 Å². The fraction of sp³-hybridized carbons (Fsp3) is 0.143. The van der Waals surface area contributed by atoms with Crippen LogP contribution in [0, 0.1) is 0 Å². The van der Waals surface area contributed by atoms with E-state index < -0.39 is 0 Å². The van der Waals surface area contributed by atoms with Crippen LogP contribution < -0.4 is 11.3 Å². The smallest absolute Gasteiger partial charge is 0.0511 e. The van der Waals surface area contributed by atoms with Crippen LogP contribution in [0.1, 0.15) is 17.2 Å². The zero-order chi connectivity index (χ0) is 13.8. The molecule has 0 fully saturated rings. The normalized spacial score (nSPS) is 12.4. The molecule has 100 valence electrons. The van der Waals surface area contributed by atoms with Gasteiger partial charge < -0.3 is 0 Å². The molecular formula is C14H13Br3N2. The lowest BCUT2D eigenvalue weighted by Crippen LogP contribution is -2.29. The van der Waals surface area contributed by atoms with Gasteiger partial charge in [0.25, 0.3) is 0 Å². The fourth-order valence-corrected chi connectivity index (χ4v) is 3.49. The molecule has 19 heavy (non-hydrogen) atoms. The van der Waals surface area contributed by atoms with Crippen molar-refractivity contribution >= 4 is 47.8 Å². The second-order valence-electron chi connectivity index (χ2n) is 4.22. The van der Waals surface area contributed by atoms with Crippen molar-refractivity contribution < 1.29 is 0 Å². The van der Waals surface area contributed by atoms with E-state index in [4.69, 9.17) is 5.84 Å². The predicted octanol–water partition coefficient (Wildman–Crippen LogP) is 4.72. The third-order valence-corrected chi connectivity index (χ3v) is 4.60. The van der Waals surface area contributed by atoms with Crippen LogP contribution in [-0.2, 0) is 6.42 Å². The van der Waals surface area contributed by atoms with Gasteiger partial charge in [0.05, 0.1) is 6.04 Å². The van der Waals surface area contributed by atoms with Crippen molar-refractivity contribution in [2.75, 3.05) is 0 Å². The topological polar surface area (TPSA) is 38.0 Å². The van der Waals surface area contributed by atoms with Crippen molar-refractivity contribution in [2.45, 2.75) is 12.5 Å². The summed E-state index contributed by atoms with van der Waals surface area (Å²) in [4.78, 5) is 0. The molecule has 0 aliphatic heterocycles. The van der Waals surface area contributed by atoms with Gasteiger partial charge in [0.1, 0.15) is 0 Å². The number of nitrogens with two attached hydrogens (primary N) is 1. The molecule has 0 saturated heterocycles. The zero-order valence-electron chi connectivity index (χ0n) is 10.0. The van der Waals surface area contributed by atoms with Gasteiger partial charge in [0.2, 0.25) is 0 Å². The van der Waals surface area contributed by atoms with Crippen LogP contribution >= 0.6 is 47.8 Å². The SMILES string of the molecule is NNC(Cc1ccc(Br)cc1)c1ccc(Br)cc1Br. The minimum atomic E-state index is 0.0728. The highest BCUT2D eigenvalue weighted by Crippen LogP contribution is 2.28. The summed E-state index contributed by atoms with van der Waals surface area (Å²) in [6.45, 7) is 0. The summed E-state index contributed by atoms with van der Waals surface area (Å²) < 4.78 is 3.17. The first kappa shape index (κ1) is 15.2. The molecule has 1 atom stereocenters. The molecule has 2 aromatic rings. The number of benzene rings is 2. The van der Waals surface area contributed by atoms with Crippen LogP contribution in [0.4, 0.5) is 0 Å². The van der Waals surface area contributed by atoms with Crippen LogP contribution in [0.5, 0.6) is 0 Å². The fourth-order valence-electron chi connectivity index (χ4n) is 1.90. The maximum absolute atomic E-state index is 5.70. The lowest BCUT2D eigenvalue weighted by molar-refractivity contribution is 0.550. The molecule has 0 radical (unpaired) electrons. The second kappa shape index (κ2) is 6.99. The van der Waals surface area contributed by atoms with Crippen molar-refractivity contribution in [2.24, 2.45) is 5.84 Å². The van der Waals surface area contributed by atoms with E-state index >= 15 is 0 Å². The largest absolute Gasteiger partial charge is 0.271 e. The number of hydrogen-bond donors (Lipinski definition) is 2. The minimum Gasteiger partial charge on any atom is -0.271 e. The Kier molecular flexibility index (Phi) is 5.59. The molecule has 2 nitrogen and oxygen atoms in total. The van der Waals surface area contributed by atoms with Crippen LogP contribution in [-0.4, -0.2) is 0 Å². The van der Waals surface area contributed by atoms with E-state index in [9.17, 15) is 0 Å². The third-order valence-electron chi connectivity index (χ3n) is 2.89. The summed E-state index contributed by atoms with van der Waals surface area (Å²) in [6.07, 6.45) is 0.837. The molecule has 0 aliphatic carbocycles. The third kappa shape index (κ3) is 4.13. The van der Waals surface area contributed by atoms with E-state index in [1.807, 2.05) is 24.3 Å². The molecule has 0 aliphatic rings. The Labute approximate surface area is 138 Å². The van der Waals surface area contributed by atoms with Crippen molar-refractivity contribution in [3.63, 3.8) is 0 Å². The summed E-state index contributed by atoms with van der Waals surface area (Å²) in [5.74, 6) is 5.70. The van der Waals surface area contributed by atoms with E-state index in [-0.39, 0.29) is 6.04 Å². The number of hydrazine groups is 1. The maximum atomic E-state index is 5.70. The quantitative estimate of drug-likeness (QED) is 0.524. The lowest BCUT2D eigenvalue weighted by Gasteiger charge is -2.18. The number of halogens is 3. The first-order valence-electron chi connectivity index (χ1n) is 5.75. The highest BCUT2D eigenvalue weighted by atomic mass is 79.9. The van der Waals surface area contributed by atoms with E-state index in [1.54, 1.807) is 0 Å². The van der Waals surface area contributed by atoms with E-state index in [0.29, 0.717) is 0 Å². The Balaban J connectivity index is 2.22. The molecule has 3 N–H and O–H groups in total. The summed E-state index contributed by atoms with van der Waals surface area (Å²) in [5, 5.41) is 0. The average molecular weight is 449 g/mol. The summed E-state index contributed by atoms with van der Waals surface area (Å²) in [7, 11) is 0. The van der Waals surface area contributed by atoms with Gasteiger partial charge in [0.15, 0.2) is 0 Å². The molecule has 0 amide bonds. The molecule has 0 aromatic heterocycles. The summed E-state index contributed by atoms with van der Waals surface area (Å²) in [5.41, 5.74) is 5.27. The zero-order valence-corrected chi connectivity index (χ0v) is 14.8. The van der Waals surface area contributed by atoms with Gasteiger partial charge in [-0.1, -0.05) is 66.0 Å². The van der Waals surface area contributed by atoms with E-state index in [1.165, 1.54) is 5.56 Å². The van der Waals surface area contributed by atoms with Crippen LogP contribution in [0.3, 0.4) is 0 Å². The minimum absolute atomic E-state index is 0.0728. The summed E-state index contributed by atoms with van der Waals surface area (Å²) >= 11 is 10.5. The number of hydrogen-bond acceptors (Lipinski definition) is 2. The lowest BCUT2D eigenvalue weighted by atomic mass is 9.99. The molecule has 0 heterocycles. The Morgan fingerprint density at radius 3 is 2.16 bits per heavy atom. The van der Waals surface area contributed by atoms with E-state index in [2.05, 4.69) is 71.4 Å². The highest BCUT2D eigenvalue weighted by Gasteiger charge is 2.14. The molecule has 1 unspecified atom stereocenters. The van der Waals surface area contributed by atoms with Gasteiger partial charge in [-0.3, -0.25) is 11.3 Å². The molecule has 2 rings (SSSR count). The Morgan fingerprint density at radius 2 is 1.58 bits per heavy atom. The molecule has 0 saturated carbocycles. The van der Waals surface area contributed by atoms with Gasteiger partial charge in [-0.25, -0.2) is 0 Å². The first-order chi connectivity index (χ1) is 9.10. The van der Waals surface area contributed by atoms with Crippen molar-refractivity contribution in [3.05, 3.63) is 67.0 Å². The molecule has 2 aromatic carbocycles. The molecule has 0 spiro atoms. The number of rotatable bonds is 4. The monoisotopic (exact) mass is 446 g/mol. The number of nitrogens with one attached hydrogen (secondary N) is 1. The van der Waals surface area contributed by atoms with Gasteiger partial charge in [-0.05, 0) is 41.8 Å². The maximum Gasteiger partial charge on any atom is 0.0511 e. The standard InChI is InChI=1S/C14H13Br3N2/c15-10-3-1-9(2-4-10)7-14(19-18)12-6-5-11(16)8-13(12)17/h1-6,8,14,19H,7,18H2. The van der Waals surface area contributed by atoms with Crippen molar-refractivity contribution in [1.29, 1.82) is 0 Å². The predicted molar refractivity (Wildman–Crippen MR) is 89.8 cm³/mol. The second-order valence-corrected chi connectivity index (χ2v) is 6.90. The Morgan fingerprint density at radius 1 is 0.947 bits per heavy atom. The van der Waals surface area contributed by atoms with E-state index in [0.717, 1.165) is 25.4 Å². The Hall–Kier alpha value is -0.200. The Bertz CT molecular complexity index is 555. The molecular weight excluding hydrogens is 436 g/mol. The highest BCUT2D eigenvalue weighted by molar-refractivity contribution is 9.11. The van der Waals surface area contributed by atoms with Gasteiger partial charge >= 0.3 is 0 Å².